The average molecular weight is 326 g/mol. The number of benzene rings is 1. The summed E-state index contributed by atoms with van der Waals surface area (Å²) in [6.07, 6.45) is 6.22. The van der Waals surface area contributed by atoms with Crippen molar-refractivity contribution in [2.75, 3.05) is 0 Å². The number of aliphatic hydroxyl groups is 1. The molecule has 2 atom stereocenters. The highest BCUT2D eigenvalue weighted by Gasteiger charge is 2.19. The summed E-state index contributed by atoms with van der Waals surface area (Å²) >= 11 is 1.43. The molecule has 0 spiro atoms. The molecule has 0 aliphatic heterocycles. The standard InChI is InChI=1S/C19H18O3S/c1-2-12-10-13(6-7-16(12)21)17-8-9-18(23-17)19(22)14-4-3-5-15(20)11-14/h3-12,16,20-21H,2H2,1H3. The minimum atomic E-state index is -0.433. The van der Waals surface area contributed by atoms with Crippen molar-refractivity contribution in [1.82, 2.24) is 0 Å². The number of carbonyl (C=O) groups excluding carboxylic acids is 1. The summed E-state index contributed by atoms with van der Waals surface area (Å²) in [5.74, 6) is 0.109. The Balaban J connectivity index is 1.86. The van der Waals surface area contributed by atoms with Crippen LogP contribution in [0.4, 0.5) is 0 Å². The quantitative estimate of drug-likeness (QED) is 0.834. The van der Waals surface area contributed by atoms with Crippen LogP contribution in [0.1, 0.15) is 33.5 Å². The van der Waals surface area contributed by atoms with Gasteiger partial charge in [0.05, 0.1) is 11.0 Å². The minimum Gasteiger partial charge on any atom is -0.508 e. The lowest BCUT2D eigenvalue weighted by molar-refractivity contribution is 0.104. The number of carbonyl (C=O) groups is 1. The molecule has 0 saturated carbocycles. The number of hydrogen-bond donors (Lipinski definition) is 2. The van der Waals surface area contributed by atoms with E-state index in [1.807, 2.05) is 25.1 Å². The van der Waals surface area contributed by atoms with Crippen LogP contribution >= 0.6 is 11.3 Å². The van der Waals surface area contributed by atoms with Crippen molar-refractivity contribution in [2.45, 2.75) is 19.4 Å². The highest BCUT2D eigenvalue weighted by Crippen LogP contribution is 2.32. The van der Waals surface area contributed by atoms with Gasteiger partial charge in [-0.3, -0.25) is 4.79 Å². The monoisotopic (exact) mass is 326 g/mol. The Bertz CT molecular complexity index is 785. The molecule has 23 heavy (non-hydrogen) atoms. The van der Waals surface area contributed by atoms with E-state index >= 15 is 0 Å². The largest absolute Gasteiger partial charge is 0.508 e. The molecule has 1 aliphatic carbocycles. The Labute approximate surface area is 139 Å². The fraction of sp³-hybridized carbons (Fsp3) is 0.211. The maximum atomic E-state index is 12.5. The zero-order valence-corrected chi connectivity index (χ0v) is 13.6. The molecule has 1 aliphatic rings. The third kappa shape index (κ3) is 3.28. The number of aromatic hydroxyl groups is 1. The Hall–Kier alpha value is -2.17. The van der Waals surface area contributed by atoms with Crippen molar-refractivity contribution in [3.8, 4) is 5.75 Å². The summed E-state index contributed by atoms with van der Waals surface area (Å²) < 4.78 is 0. The Kier molecular flexibility index (Phi) is 4.46. The smallest absolute Gasteiger partial charge is 0.203 e. The minimum absolute atomic E-state index is 0.0883. The van der Waals surface area contributed by atoms with Gasteiger partial charge in [0, 0.05) is 16.4 Å². The summed E-state index contributed by atoms with van der Waals surface area (Å²) in [7, 11) is 0. The van der Waals surface area contributed by atoms with Gasteiger partial charge in [-0.25, -0.2) is 0 Å². The van der Waals surface area contributed by atoms with Gasteiger partial charge in [0.25, 0.3) is 0 Å². The topological polar surface area (TPSA) is 57.5 Å². The summed E-state index contributed by atoms with van der Waals surface area (Å²) in [5.41, 5.74) is 1.52. The molecule has 1 heterocycles. The van der Waals surface area contributed by atoms with E-state index in [1.54, 1.807) is 24.3 Å². The van der Waals surface area contributed by atoms with Gasteiger partial charge in [-0.05, 0) is 36.3 Å². The van der Waals surface area contributed by atoms with Crippen molar-refractivity contribution in [3.05, 3.63) is 69.9 Å². The second-order valence-corrected chi connectivity index (χ2v) is 6.67. The molecule has 3 rings (SSSR count). The van der Waals surface area contributed by atoms with Crippen molar-refractivity contribution >= 4 is 22.7 Å². The predicted octanol–water partition coefficient (Wildman–Crippen LogP) is 4.03. The lowest BCUT2D eigenvalue weighted by Crippen LogP contribution is -2.17. The molecule has 0 saturated heterocycles. The highest BCUT2D eigenvalue weighted by atomic mass is 32.1. The van der Waals surface area contributed by atoms with Crippen LogP contribution in [-0.2, 0) is 0 Å². The maximum absolute atomic E-state index is 12.5. The fourth-order valence-electron chi connectivity index (χ4n) is 2.66. The molecule has 2 aromatic rings. The van der Waals surface area contributed by atoms with E-state index in [1.165, 1.54) is 17.4 Å². The SMILES string of the molecule is CCC1C=C(c2ccc(C(=O)c3cccc(O)c3)s2)C=CC1O. The Morgan fingerprint density at radius 1 is 1.26 bits per heavy atom. The lowest BCUT2D eigenvalue weighted by atomic mass is 9.91. The second-order valence-electron chi connectivity index (χ2n) is 5.59. The molecular formula is C19H18O3S. The average Bonchev–Trinajstić information content (AvgIpc) is 3.04. The van der Waals surface area contributed by atoms with Crippen LogP contribution < -0.4 is 0 Å². The number of thiophene rings is 1. The van der Waals surface area contributed by atoms with Crippen molar-refractivity contribution < 1.29 is 15.0 Å². The number of ketones is 1. The van der Waals surface area contributed by atoms with Gasteiger partial charge in [-0.2, -0.15) is 0 Å². The summed E-state index contributed by atoms with van der Waals surface area (Å²) in [6, 6.07) is 10.1. The molecule has 118 valence electrons. The van der Waals surface area contributed by atoms with E-state index in [-0.39, 0.29) is 17.5 Å². The molecular weight excluding hydrogens is 308 g/mol. The zero-order chi connectivity index (χ0) is 16.4. The molecule has 0 radical (unpaired) electrons. The molecule has 1 aromatic carbocycles. The third-order valence-electron chi connectivity index (χ3n) is 4.00. The van der Waals surface area contributed by atoms with E-state index in [9.17, 15) is 15.0 Å². The van der Waals surface area contributed by atoms with E-state index in [0.717, 1.165) is 16.9 Å². The van der Waals surface area contributed by atoms with Gasteiger partial charge in [0.2, 0.25) is 5.78 Å². The molecule has 0 amide bonds. The van der Waals surface area contributed by atoms with Crippen molar-refractivity contribution in [3.63, 3.8) is 0 Å². The first kappa shape index (κ1) is 15.7. The van der Waals surface area contributed by atoms with E-state index in [4.69, 9.17) is 0 Å². The van der Waals surface area contributed by atoms with Gasteiger partial charge in [-0.15, -0.1) is 11.3 Å². The van der Waals surface area contributed by atoms with Gasteiger partial charge in [-0.1, -0.05) is 37.3 Å². The molecule has 3 nitrogen and oxygen atoms in total. The molecule has 4 heteroatoms. The van der Waals surface area contributed by atoms with Gasteiger partial charge < -0.3 is 10.2 Å². The van der Waals surface area contributed by atoms with Crippen LogP contribution in [0.3, 0.4) is 0 Å². The van der Waals surface area contributed by atoms with Crippen LogP contribution in [0, 0.1) is 5.92 Å². The van der Waals surface area contributed by atoms with Crippen LogP contribution in [0.2, 0.25) is 0 Å². The molecule has 0 bridgehead atoms. The maximum Gasteiger partial charge on any atom is 0.203 e. The highest BCUT2D eigenvalue weighted by molar-refractivity contribution is 7.15. The van der Waals surface area contributed by atoms with E-state index in [0.29, 0.717) is 10.4 Å². The summed E-state index contributed by atoms with van der Waals surface area (Å²) in [6.45, 7) is 2.05. The van der Waals surface area contributed by atoms with Crippen LogP contribution in [-0.4, -0.2) is 22.1 Å². The van der Waals surface area contributed by atoms with E-state index in [2.05, 4.69) is 6.08 Å². The van der Waals surface area contributed by atoms with Gasteiger partial charge >= 0.3 is 0 Å². The third-order valence-corrected chi connectivity index (χ3v) is 5.13. The summed E-state index contributed by atoms with van der Waals surface area (Å²) in [4.78, 5) is 14.1. The van der Waals surface area contributed by atoms with Crippen LogP contribution in [0.25, 0.3) is 5.57 Å². The van der Waals surface area contributed by atoms with Crippen molar-refractivity contribution in [2.24, 2.45) is 5.92 Å². The molecule has 2 N–H and O–H groups in total. The van der Waals surface area contributed by atoms with Gasteiger partial charge in [0.15, 0.2) is 0 Å². The second kappa shape index (κ2) is 6.52. The normalized spacial score (nSPS) is 20.3. The Morgan fingerprint density at radius 3 is 2.83 bits per heavy atom. The van der Waals surface area contributed by atoms with Crippen LogP contribution in [0.15, 0.2) is 54.6 Å². The first-order chi connectivity index (χ1) is 11.1. The van der Waals surface area contributed by atoms with Crippen molar-refractivity contribution in [1.29, 1.82) is 0 Å². The number of rotatable bonds is 4. The first-order valence-corrected chi connectivity index (χ1v) is 8.42. The molecule has 2 unspecified atom stereocenters. The number of allylic oxidation sites excluding steroid dienone is 2. The number of hydrogen-bond acceptors (Lipinski definition) is 4. The number of aliphatic hydroxyl groups excluding tert-OH is 1. The predicted molar refractivity (Wildman–Crippen MR) is 92.8 cm³/mol. The first-order valence-electron chi connectivity index (χ1n) is 7.60. The van der Waals surface area contributed by atoms with E-state index < -0.39 is 6.10 Å². The summed E-state index contributed by atoms with van der Waals surface area (Å²) in [5, 5.41) is 19.4. The lowest BCUT2D eigenvalue weighted by Gasteiger charge is -2.20. The fourth-order valence-corrected chi connectivity index (χ4v) is 3.63. The number of phenols is 1. The molecule has 1 aromatic heterocycles. The van der Waals surface area contributed by atoms with Gasteiger partial charge in [0.1, 0.15) is 5.75 Å². The number of phenolic OH excluding ortho intramolecular Hbond substituents is 1. The molecule has 0 fully saturated rings. The Morgan fingerprint density at radius 2 is 2.09 bits per heavy atom. The zero-order valence-electron chi connectivity index (χ0n) is 12.8. The van der Waals surface area contributed by atoms with Crippen LogP contribution in [0.5, 0.6) is 5.75 Å².